The van der Waals surface area contributed by atoms with Crippen LogP contribution in [0.2, 0.25) is 0 Å². The summed E-state index contributed by atoms with van der Waals surface area (Å²) in [5.41, 5.74) is 19.9. The zero-order valence-corrected chi connectivity index (χ0v) is 47.5. The maximum atomic E-state index is 7.34. The first-order valence-corrected chi connectivity index (χ1v) is 28.8. The summed E-state index contributed by atoms with van der Waals surface area (Å²) < 4.78 is 31.8. The molecule has 0 unspecified atom stereocenters. The van der Waals surface area contributed by atoms with Crippen molar-refractivity contribution in [1.29, 1.82) is 0 Å². The molecule has 0 aliphatic rings. The Morgan fingerprint density at radius 1 is 0.313 bits per heavy atom. The average Bonchev–Trinajstić information content (AvgIpc) is 1.66. The molecule has 0 aliphatic heterocycles. The van der Waals surface area contributed by atoms with Gasteiger partial charge in [0.1, 0.15) is 33.4 Å². The van der Waals surface area contributed by atoms with Crippen molar-refractivity contribution in [2.24, 2.45) is 0 Å². The van der Waals surface area contributed by atoms with Gasteiger partial charge in [-0.3, -0.25) is 0 Å². The maximum absolute atomic E-state index is 7.34. The van der Waals surface area contributed by atoms with Gasteiger partial charge in [0.25, 0.3) is 0 Å². The zero-order valence-electron chi connectivity index (χ0n) is 47.5. The van der Waals surface area contributed by atoms with Gasteiger partial charge in [-0.2, -0.15) is 0 Å². The van der Waals surface area contributed by atoms with Crippen LogP contribution in [0.3, 0.4) is 0 Å². The van der Waals surface area contributed by atoms with Crippen LogP contribution in [-0.4, -0.2) is 4.40 Å². The Bertz CT molecular complexity index is 5220. The van der Waals surface area contributed by atoms with Crippen LogP contribution in [-0.2, 0) is 10.8 Å². The van der Waals surface area contributed by atoms with Crippen LogP contribution in [0.15, 0.2) is 218 Å². The Labute approximate surface area is 478 Å². The number of hydrogen-bond acceptors (Lipinski definition) is 6. The normalized spacial score (nSPS) is 12.8. The van der Waals surface area contributed by atoms with Gasteiger partial charge in [0.05, 0.1) is 28.3 Å². The Balaban J connectivity index is 1.07. The third-order valence-corrected chi connectivity index (χ3v) is 17.8. The molecule has 0 radical (unpaired) electrons. The van der Waals surface area contributed by atoms with Crippen molar-refractivity contribution in [3.8, 4) is 0 Å². The van der Waals surface area contributed by atoms with Crippen LogP contribution in [0, 0.1) is 13.8 Å². The predicted octanol–water partition coefficient (Wildman–Crippen LogP) is 22.6. The molecule has 0 saturated carbocycles. The van der Waals surface area contributed by atoms with Crippen LogP contribution in [0.4, 0.5) is 34.1 Å². The summed E-state index contributed by atoms with van der Waals surface area (Å²) in [4.78, 5) is 4.90. The van der Waals surface area contributed by atoms with Crippen LogP contribution in [0.1, 0.15) is 63.8 Å². The van der Waals surface area contributed by atoms with Gasteiger partial charge >= 0.3 is 0 Å². The molecule has 0 N–H and O–H groups in total. The molecule has 0 fully saturated rings. The summed E-state index contributed by atoms with van der Waals surface area (Å²) in [5.74, 6) is 0. The van der Waals surface area contributed by atoms with Crippen molar-refractivity contribution in [3.63, 3.8) is 0 Å². The largest absolute Gasteiger partial charge is 0.454 e. The number of hydrogen-bond donors (Lipinski definition) is 0. The molecule has 6 heterocycles. The van der Waals surface area contributed by atoms with Crippen molar-refractivity contribution >= 4 is 160 Å². The summed E-state index contributed by atoms with van der Waals surface area (Å²) in [6, 6.07) is 72.2. The number of benzene rings is 11. The second-order valence-corrected chi connectivity index (χ2v) is 24.9. The van der Waals surface area contributed by atoms with E-state index in [0.29, 0.717) is 0 Å². The first kappa shape index (κ1) is 47.8. The highest BCUT2D eigenvalue weighted by Gasteiger charge is 2.35. The van der Waals surface area contributed by atoms with E-state index in [-0.39, 0.29) is 10.8 Å². The molecule has 7 nitrogen and oxygen atoms in total. The van der Waals surface area contributed by atoms with Crippen molar-refractivity contribution in [1.82, 2.24) is 4.40 Å². The molecular weight excluding hydrogens is 1020 g/mol. The lowest BCUT2D eigenvalue weighted by Crippen LogP contribution is -2.12. The third kappa shape index (κ3) is 6.56. The molecule has 0 spiro atoms. The van der Waals surface area contributed by atoms with E-state index in [9.17, 15) is 0 Å². The molecule has 17 aromatic rings. The SMILES string of the molecule is Cc1ccc2c(oc3c(C(C)(C)C)cccc32)c1N(c1ccccc1)c1cc2c3ccccc3oc2c2c1c1cccc3c4c(N(c5ccccc5)c5c(C)ccc6c5oc5c(C(C)(C)C)cccc56)cc5c6ccccc6oc5c4n2c13. The van der Waals surface area contributed by atoms with E-state index in [4.69, 9.17) is 17.7 Å². The zero-order chi connectivity index (χ0) is 55.9. The number of para-hydroxylation sites is 7. The number of furan rings is 4. The van der Waals surface area contributed by atoms with E-state index in [0.717, 1.165) is 171 Å². The molecule has 11 aromatic carbocycles. The highest BCUT2D eigenvalue weighted by Crippen LogP contribution is 2.57. The smallest absolute Gasteiger partial charge is 0.160 e. The van der Waals surface area contributed by atoms with Crippen LogP contribution >= 0.6 is 0 Å². The molecule has 0 aliphatic carbocycles. The number of fused-ring (bicyclic) bond motifs is 20. The van der Waals surface area contributed by atoms with Gasteiger partial charge in [-0.05, 0) is 84.3 Å². The molecule has 0 saturated heterocycles. The van der Waals surface area contributed by atoms with Crippen molar-refractivity contribution in [2.45, 2.75) is 66.2 Å². The van der Waals surface area contributed by atoms with Crippen molar-refractivity contribution in [2.75, 3.05) is 9.80 Å². The monoisotopic (exact) mass is 1080 g/mol. The highest BCUT2D eigenvalue weighted by molar-refractivity contribution is 6.36. The van der Waals surface area contributed by atoms with Gasteiger partial charge in [-0.25, -0.2) is 0 Å². The summed E-state index contributed by atoms with van der Waals surface area (Å²) >= 11 is 0. The highest BCUT2D eigenvalue weighted by atomic mass is 16.3. The summed E-state index contributed by atoms with van der Waals surface area (Å²) in [6.45, 7) is 18.0. The average molecular weight is 1080 g/mol. The van der Waals surface area contributed by atoms with E-state index in [1.807, 2.05) is 0 Å². The van der Waals surface area contributed by atoms with E-state index in [1.54, 1.807) is 0 Å². The van der Waals surface area contributed by atoms with Gasteiger partial charge < -0.3 is 31.9 Å². The van der Waals surface area contributed by atoms with Crippen LogP contribution in [0.25, 0.3) is 126 Å². The lowest BCUT2D eigenvalue weighted by atomic mass is 9.86. The van der Waals surface area contributed by atoms with Crippen LogP contribution < -0.4 is 9.80 Å². The van der Waals surface area contributed by atoms with E-state index in [1.165, 1.54) is 11.1 Å². The van der Waals surface area contributed by atoms with Gasteiger partial charge in [-0.15, -0.1) is 0 Å². The number of aryl methyl sites for hydroxylation is 2. The first-order valence-electron chi connectivity index (χ1n) is 28.8. The fourth-order valence-corrected chi connectivity index (χ4v) is 14.1. The molecule has 400 valence electrons. The molecular formula is C76H57N3O4. The standard InChI is InChI=1S/C76H57N3O4/c1-42-36-38-50-48-28-20-32-56(75(3,4)5)69(48)82-71(50)64(42)77(44-22-11-9-12-23-44)58-40-54-46-26-15-17-34-60(46)80-73(54)67-62(58)52-30-19-31-53-63-59(41-55-47-27-16-18-35-61(47)81-74(55)68(63)79(67)66(52)53)78(45-24-13-10-14-25-45)65-43(2)37-39-51-49-29-21-33-57(76(6,7)8)70(49)83-72(51)65/h9-41H,1-8H3. The number of aromatic nitrogens is 1. The lowest BCUT2D eigenvalue weighted by Gasteiger charge is -2.28. The quantitative estimate of drug-likeness (QED) is 0.165. The second-order valence-electron chi connectivity index (χ2n) is 24.9. The Kier molecular flexibility index (Phi) is 9.68. The third-order valence-electron chi connectivity index (χ3n) is 17.8. The maximum Gasteiger partial charge on any atom is 0.160 e. The Morgan fingerprint density at radius 2 is 0.687 bits per heavy atom. The number of nitrogens with zero attached hydrogens (tertiary/aromatic N) is 3. The molecule has 0 amide bonds. The van der Waals surface area contributed by atoms with Crippen molar-refractivity contribution < 1.29 is 17.7 Å². The number of anilines is 6. The van der Waals surface area contributed by atoms with E-state index in [2.05, 4.69) is 270 Å². The molecule has 83 heavy (non-hydrogen) atoms. The lowest BCUT2D eigenvalue weighted by molar-refractivity contribution is 0.572. The molecule has 7 heteroatoms. The molecule has 0 bridgehead atoms. The van der Waals surface area contributed by atoms with Gasteiger partial charge in [0.15, 0.2) is 22.3 Å². The van der Waals surface area contributed by atoms with E-state index >= 15 is 0 Å². The van der Waals surface area contributed by atoms with Crippen molar-refractivity contribution in [3.05, 3.63) is 222 Å². The summed E-state index contributed by atoms with van der Waals surface area (Å²) in [5, 5.41) is 12.7. The predicted molar refractivity (Wildman–Crippen MR) is 346 cm³/mol. The minimum absolute atomic E-state index is 0.149. The molecule has 0 atom stereocenters. The fraction of sp³-hybridized carbons (Fsp3) is 0.132. The van der Waals surface area contributed by atoms with Crippen LogP contribution in [0.5, 0.6) is 0 Å². The van der Waals surface area contributed by atoms with Gasteiger partial charge in [-0.1, -0.05) is 193 Å². The minimum Gasteiger partial charge on any atom is -0.454 e. The summed E-state index contributed by atoms with van der Waals surface area (Å²) in [7, 11) is 0. The number of rotatable bonds is 6. The molecule has 6 aromatic heterocycles. The minimum atomic E-state index is -0.149. The first-order chi connectivity index (χ1) is 40.3. The van der Waals surface area contributed by atoms with Gasteiger partial charge in [0.2, 0.25) is 0 Å². The Hall–Kier alpha value is -9.98. The van der Waals surface area contributed by atoms with Gasteiger partial charge in [0, 0.05) is 87.1 Å². The van der Waals surface area contributed by atoms with E-state index < -0.39 is 0 Å². The fourth-order valence-electron chi connectivity index (χ4n) is 14.1. The summed E-state index contributed by atoms with van der Waals surface area (Å²) in [6.07, 6.45) is 0. The Morgan fingerprint density at radius 3 is 1.12 bits per heavy atom. The molecule has 17 rings (SSSR count). The second kappa shape index (κ2) is 16.8. The topological polar surface area (TPSA) is 63.5 Å².